The van der Waals surface area contributed by atoms with Crippen molar-refractivity contribution in [2.45, 2.75) is 51.1 Å². The first-order chi connectivity index (χ1) is 21.6. The summed E-state index contributed by atoms with van der Waals surface area (Å²) in [6.45, 7) is 11.9. The molecule has 0 aromatic heterocycles. The summed E-state index contributed by atoms with van der Waals surface area (Å²) in [5.41, 5.74) is 15.0. The second-order valence-corrected chi connectivity index (χ2v) is 11.3. The Morgan fingerprint density at radius 1 is 0.489 bits per heavy atom. The average molecular weight is 652 g/mol. The molecule has 0 atom stereocenters. The highest BCUT2D eigenvalue weighted by molar-refractivity contribution is 5.76. The van der Waals surface area contributed by atoms with Crippen LogP contribution in [-0.4, -0.2) is 147 Å². The molecule has 0 radical (unpaired) electrons. The van der Waals surface area contributed by atoms with E-state index in [1.165, 1.54) is 0 Å². The maximum absolute atomic E-state index is 12.2. The highest BCUT2D eigenvalue weighted by Gasteiger charge is 2.35. The fraction of sp³-hybridized carbons (Fsp3) is 0.897. The van der Waals surface area contributed by atoms with Crippen LogP contribution < -0.4 is 38.5 Å². The van der Waals surface area contributed by atoms with Crippen LogP contribution in [0.5, 0.6) is 0 Å². The predicted octanol–water partition coefficient (Wildman–Crippen LogP) is -2.39. The number of nitrogens with one attached hydrogen (secondary N) is 4. The van der Waals surface area contributed by atoms with Crippen LogP contribution in [0.15, 0.2) is 0 Å². The molecule has 0 unspecified atom stereocenters. The van der Waals surface area contributed by atoms with Gasteiger partial charge in [-0.05, 0) is 20.8 Å². The SMILES string of the molecule is CC(C)(C)NC(COCCC(=O)NCCOCCN)(COCCC(=O)NCCOCCN)COCCC(=O)NCCOCCN. The number of hydrogen-bond acceptors (Lipinski definition) is 13. The first-order valence-electron chi connectivity index (χ1n) is 15.7. The van der Waals surface area contributed by atoms with Gasteiger partial charge in [-0.25, -0.2) is 0 Å². The van der Waals surface area contributed by atoms with Crippen molar-refractivity contribution < 1.29 is 42.8 Å². The summed E-state index contributed by atoms with van der Waals surface area (Å²) >= 11 is 0. The summed E-state index contributed by atoms with van der Waals surface area (Å²) in [7, 11) is 0. The Kier molecular flexibility index (Phi) is 27.0. The van der Waals surface area contributed by atoms with Gasteiger partial charge in [0.1, 0.15) is 0 Å². The van der Waals surface area contributed by atoms with Gasteiger partial charge >= 0.3 is 0 Å². The molecule has 0 aromatic carbocycles. The molecule has 45 heavy (non-hydrogen) atoms. The summed E-state index contributed by atoms with van der Waals surface area (Å²) in [6, 6.07) is 0. The van der Waals surface area contributed by atoms with E-state index in [4.69, 9.17) is 45.6 Å². The van der Waals surface area contributed by atoms with E-state index in [-0.39, 0.29) is 82.2 Å². The number of amides is 3. The van der Waals surface area contributed by atoms with E-state index >= 15 is 0 Å². The van der Waals surface area contributed by atoms with Crippen LogP contribution in [0.2, 0.25) is 0 Å². The van der Waals surface area contributed by atoms with Crippen LogP contribution in [-0.2, 0) is 42.8 Å². The quantitative estimate of drug-likeness (QED) is 0.0388. The maximum Gasteiger partial charge on any atom is 0.222 e. The molecule has 3 amide bonds. The third-order valence-electron chi connectivity index (χ3n) is 5.69. The van der Waals surface area contributed by atoms with E-state index in [1.807, 2.05) is 20.8 Å². The fourth-order valence-corrected chi connectivity index (χ4v) is 3.94. The number of carbonyl (C=O) groups is 3. The summed E-state index contributed by atoms with van der Waals surface area (Å²) < 4.78 is 33.6. The van der Waals surface area contributed by atoms with Crippen LogP contribution in [0.1, 0.15) is 40.0 Å². The number of rotatable bonds is 31. The molecule has 16 nitrogen and oxygen atoms in total. The standard InChI is InChI=1S/C29H61N7O9/c1-28(2,3)36-29(22-43-13-4-25(37)33-10-19-40-16-7-30,23-44-14-5-26(38)34-11-20-41-17-8-31)24-45-15-6-27(39)35-12-21-42-18-9-32/h36H,4-24,30-32H2,1-3H3,(H,33,37)(H,34,38)(H,35,39). The zero-order valence-electron chi connectivity index (χ0n) is 27.8. The van der Waals surface area contributed by atoms with Crippen molar-refractivity contribution >= 4 is 17.7 Å². The minimum Gasteiger partial charge on any atom is -0.379 e. The summed E-state index contributed by atoms with van der Waals surface area (Å²) in [6.07, 6.45) is 0.484. The normalized spacial score (nSPS) is 11.9. The minimum atomic E-state index is -0.829. The first kappa shape index (κ1) is 43.0. The van der Waals surface area contributed by atoms with Gasteiger partial charge in [0.15, 0.2) is 0 Å². The third-order valence-corrected chi connectivity index (χ3v) is 5.69. The van der Waals surface area contributed by atoms with Crippen LogP contribution in [0.25, 0.3) is 0 Å². The molecule has 0 bridgehead atoms. The van der Waals surface area contributed by atoms with E-state index in [9.17, 15) is 14.4 Å². The van der Waals surface area contributed by atoms with Crippen molar-refractivity contribution in [1.82, 2.24) is 21.3 Å². The second kappa shape index (κ2) is 28.3. The molecule has 0 saturated carbocycles. The van der Waals surface area contributed by atoms with Gasteiger partial charge in [0, 0.05) is 64.1 Å². The summed E-state index contributed by atoms with van der Waals surface area (Å²) in [4.78, 5) is 36.6. The fourth-order valence-electron chi connectivity index (χ4n) is 3.94. The molecule has 0 rings (SSSR count). The molecule has 0 aliphatic heterocycles. The minimum absolute atomic E-state index is 0.159. The monoisotopic (exact) mass is 651 g/mol. The summed E-state index contributed by atoms with van der Waals surface area (Å²) in [5, 5.41) is 11.9. The lowest BCUT2D eigenvalue weighted by atomic mass is 9.97. The highest BCUT2D eigenvalue weighted by atomic mass is 16.5. The molecule has 0 aliphatic carbocycles. The van der Waals surface area contributed by atoms with Gasteiger partial charge in [-0.15, -0.1) is 0 Å². The Balaban J connectivity index is 5.02. The van der Waals surface area contributed by atoms with Crippen LogP contribution >= 0.6 is 0 Å². The van der Waals surface area contributed by atoms with Crippen LogP contribution in [0.3, 0.4) is 0 Å². The van der Waals surface area contributed by atoms with Gasteiger partial charge in [-0.1, -0.05) is 0 Å². The number of nitrogens with two attached hydrogens (primary N) is 3. The van der Waals surface area contributed by atoms with Gasteiger partial charge in [0.25, 0.3) is 0 Å². The number of hydrogen-bond donors (Lipinski definition) is 7. The summed E-state index contributed by atoms with van der Waals surface area (Å²) in [5.74, 6) is -0.480. The first-order valence-corrected chi connectivity index (χ1v) is 15.7. The Bertz CT molecular complexity index is 675. The van der Waals surface area contributed by atoms with Crippen molar-refractivity contribution in [1.29, 1.82) is 0 Å². The third kappa shape index (κ3) is 28.0. The molecule has 0 heterocycles. The van der Waals surface area contributed by atoms with Crippen LogP contribution in [0, 0.1) is 0 Å². The van der Waals surface area contributed by atoms with Crippen molar-refractivity contribution in [3.63, 3.8) is 0 Å². The topological polar surface area (TPSA) is 233 Å². The Morgan fingerprint density at radius 2 is 0.800 bits per heavy atom. The van der Waals surface area contributed by atoms with E-state index < -0.39 is 5.54 Å². The molecule has 0 spiro atoms. The molecular weight excluding hydrogens is 590 g/mol. The Hall–Kier alpha value is -1.99. The van der Waals surface area contributed by atoms with Gasteiger partial charge in [-0.3, -0.25) is 14.4 Å². The van der Waals surface area contributed by atoms with E-state index in [2.05, 4.69) is 21.3 Å². The molecule has 0 aromatic rings. The van der Waals surface area contributed by atoms with E-state index in [0.29, 0.717) is 78.9 Å². The van der Waals surface area contributed by atoms with Gasteiger partial charge in [-0.2, -0.15) is 0 Å². The smallest absolute Gasteiger partial charge is 0.222 e. The molecule has 0 saturated heterocycles. The maximum atomic E-state index is 12.2. The molecule has 16 heteroatoms. The second-order valence-electron chi connectivity index (χ2n) is 11.3. The van der Waals surface area contributed by atoms with Gasteiger partial charge < -0.3 is 66.9 Å². The van der Waals surface area contributed by atoms with E-state index in [1.54, 1.807) is 0 Å². The largest absolute Gasteiger partial charge is 0.379 e. The van der Waals surface area contributed by atoms with Crippen molar-refractivity contribution in [2.24, 2.45) is 17.2 Å². The lowest BCUT2D eigenvalue weighted by molar-refractivity contribution is -0.123. The van der Waals surface area contributed by atoms with E-state index in [0.717, 1.165) is 0 Å². The molecule has 10 N–H and O–H groups in total. The average Bonchev–Trinajstić information content (AvgIpc) is 2.98. The Labute approximate surface area is 268 Å². The van der Waals surface area contributed by atoms with Gasteiger partial charge in [0.2, 0.25) is 17.7 Å². The highest BCUT2D eigenvalue weighted by Crippen LogP contribution is 2.15. The zero-order chi connectivity index (χ0) is 33.7. The lowest BCUT2D eigenvalue weighted by Gasteiger charge is -2.40. The Morgan fingerprint density at radius 3 is 1.07 bits per heavy atom. The lowest BCUT2D eigenvalue weighted by Crippen LogP contribution is -2.62. The van der Waals surface area contributed by atoms with Crippen molar-refractivity contribution in [3.05, 3.63) is 0 Å². The molecular formula is C29H61N7O9. The zero-order valence-corrected chi connectivity index (χ0v) is 27.8. The van der Waals surface area contributed by atoms with Crippen LogP contribution in [0.4, 0.5) is 0 Å². The van der Waals surface area contributed by atoms with Crippen molar-refractivity contribution in [3.8, 4) is 0 Å². The predicted molar refractivity (Wildman–Crippen MR) is 171 cm³/mol. The van der Waals surface area contributed by atoms with Gasteiger partial charge in [0.05, 0.1) is 84.8 Å². The molecule has 0 aliphatic rings. The number of ether oxygens (including phenoxy) is 6. The van der Waals surface area contributed by atoms with Crippen molar-refractivity contribution in [2.75, 3.05) is 119 Å². The molecule has 0 fully saturated rings. The number of carbonyl (C=O) groups excluding carboxylic acids is 3. The molecule has 266 valence electrons.